The second-order valence-electron chi connectivity index (χ2n) is 29.7. The molecular weight excluding hydrogens is 930 g/mol. The molecule has 0 amide bonds. The van der Waals surface area contributed by atoms with Crippen molar-refractivity contribution in [1.82, 2.24) is 0 Å². The zero-order valence-electron chi connectivity index (χ0n) is 50.6. The Kier molecular flexibility index (Phi) is 11.1. The van der Waals surface area contributed by atoms with Gasteiger partial charge in [0.1, 0.15) is 0 Å². The van der Waals surface area contributed by atoms with E-state index in [1.54, 1.807) is 5.56 Å². The Bertz CT molecular complexity index is 3570. The maximum absolute atomic E-state index is 2.95. The number of hydrogen-bond acceptors (Lipinski definition) is 3. The predicted molar refractivity (Wildman–Crippen MR) is 335 cm³/mol. The lowest BCUT2D eigenvalue weighted by Gasteiger charge is -2.53. The second kappa shape index (κ2) is 16.5. The first-order chi connectivity index (χ1) is 35.9. The van der Waals surface area contributed by atoms with Crippen LogP contribution in [0.3, 0.4) is 0 Å². The molecule has 77 heavy (non-hydrogen) atoms. The van der Waals surface area contributed by atoms with Crippen LogP contribution in [-0.4, -0.2) is 12.3 Å². The Hall–Kier alpha value is -6.00. The second-order valence-corrected chi connectivity index (χ2v) is 29.7. The highest BCUT2D eigenvalue weighted by Gasteiger charge is 2.62. The maximum atomic E-state index is 2.95. The third kappa shape index (κ3) is 7.34. The van der Waals surface area contributed by atoms with Gasteiger partial charge < -0.3 is 14.7 Å². The Balaban J connectivity index is 1.28. The molecule has 4 heteroatoms. The van der Waals surface area contributed by atoms with Crippen LogP contribution in [0.25, 0.3) is 11.1 Å². The van der Waals surface area contributed by atoms with Crippen molar-refractivity contribution in [2.75, 3.05) is 14.7 Å². The van der Waals surface area contributed by atoms with Gasteiger partial charge in [0.05, 0.1) is 16.9 Å². The van der Waals surface area contributed by atoms with Crippen LogP contribution in [0.5, 0.6) is 0 Å². The van der Waals surface area contributed by atoms with E-state index in [-0.39, 0.29) is 44.7 Å². The predicted octanol–water partition coefficient (Wildman–Crippen LogP) is 18.2. The van der Waals surface area contributed by atoms with Crippen molar-refractivity contribution >= 4 is 68.6 Å². The fraction of sp³-hybridized carbons (Fsp3) is 0.425. The molecule has 396 valence electrons. The van der Waals surface area contributed by atoms with Crippen LogP contribution in [-0.2, 0) is 32.5 Å². The molecular formula is C73H86BN3. The lowest BCUT2D eigenvalue weighted by Crippen LogP contribution is -2.65. The molecule has 5 aliphatic rings. The van der Waals surface area contributed by atoms with E-state index in [0.29, 0.717) is 0 Å². The summed E-state index contributed by atoms with van der Waals surface area (Å²) in [5, 5.41) is 0. The normalized spacial score (nSPS) is 19.9. The molecule has 0 radical (unpaired) electrons. The molecule has 7 aromatic carbocycles. The molecule has 7 aromatic rings. The van der Waals surface area contributed by atoms with Gasteiger partial charge in [-0.05, 0) is 182 Å². The zero-order chi connectivity index (χ0) is 55.2. The summed E-state index contributed by atoms with van der Waals surface area (Å²) in [5.74, 6) is 0. The van der Waals surface area contributed by atoms with Crippen molar-refractivity contribution in [3.63, 3.8) is 0 Å². The highest BCUT2D eigenvalue weighted by molar-refractivity contribution is 7.00. The molecule has 3 heterocycles. The average Bonchev–Trinajstić information content (AvgIpc) is 3.88. The number of rotatable bonds is 4. The molecule has 3 aliphatic heterocycles. The first kappa shape index (κ1) is 51.7. The number of anilines is 8. The summed E-state index contributed by atoms with van der Waals surface area (Å²) in [6.45, 7) is 48.2. The summed E-state index contributed by atoms with van der Waals surface area (Å²) in [5.41, 5.74) is 32.1. The Morgan fingerprint density at radius 2 is 1.00 bits per heavy atom. The van der Waals surface area contributed by atoms with Crippen LogP contribution in [0.1, 0.15) is 198 Å². The summed E-state index contributed by atoms with van der Waals surface area (Å²) < 4.78 is 0. The Labute approximate surface area is 464 Å². The van der Waals surface area contributed by atoms with Gasteiger partial charge in [0.25, 0.3) is 6.71 Å². The number of aryl methyl sites for hydroxylation is 4. The highest BCUT2D eigenvalue weighted by Crippen LogP contribution is 2.64. The van der Waals surface area contributed by atoms with Crippen LogP contribution in [0.15, 0.2) is 109 Å². The molecule has 12 rings (SSSR count). The zero-order valence-corrected chi connectivity index (χ0v) is 50.6. The smallest absolute Gasteiger partial charge is 0.252 e. The molecule has 0 saturated heterocycles. The fourth-order valence-electron chi connectivity index (χ4n) is 15.4. The monoisotopic (exact) mass is 1020 g/mol. The maximum Gasteiger partial charge on any atom is 0.252 e. The molecule has 1 saturated carbocycles. The standard InChI is InChI=1S/C73H86BN3/c1-43-35-47(67(5,6)7)27-31-58(43)75(59-32-28-48(36-44(59)2)68(8,9)10)51-41-60-63-61(42-51)77-65-55(72(19)33-23-24-34-73(72,77)20)39-50(70(14,15)16)40-57(65)74(63)56-30-29-53-52-25-21-22-26-54(52)71(17,18)62(53)66(56)76(60)64-45(3)37-49(38-46(64)4)69(11,12)13/h21-22,25-32,35-42H,23-24,33-34H2,1-20H3. The molecule has 0 N–H and O–H groups in total. The Morgan fingerprint density at radius 1 is 0.468 bits per heavy atom. The summed E-state index contributed by atoms with van der Waals surface area (Å²) in [7, 11) is 0. The van der Waals surface area contributed by atoms with Gasteiger partial charge in [0, 0.05) is 45.0 Å². The van der Waals surface area contributed by atoms with E-state index in [1.165, 1.54) is 148 Å². The van der Waals surface area contributed by atoms with Gasteiger partial charge in [0.15, 0.2) is 0 Å². The highest BCUT2D eigenvalue weighted by atomic mass is 15.3. The van der Waals surface area contributed by atoms with Crippen molar-refractivity contribution in [2.24, 2.45) is 0 Å². The van der Waals surface area contributed by atoms with Gasteiger partial charge in [0.2, 0.25) is 0 Å². The molecule has 0 aromatic heterocycles. The molecule has 1 fully saturated rings. The summed E-state index contributed by atoms with van der Waals surface area (Å²) in [6, 6.07) is 44.6. The van der Waals surface area contributed by atoms with Crippen molar-refractivity contribution < 1.29 is 0 Å². The Morgan fingerprint density at radius 3 is 1.57 bits per heavy atom. The molecule has 2 aliphatic carbocycles. The van der Waals surface area contributed by atoms with E-state index in [1.807, 2.05) is 0 Å². The first-order valence-corrected chi connectivity index (χ1v) is 29.3. The lowest BCUT2D eigenvalue weighted by atomic mass is 9.33. The van der Waals surface area contributed by atoms with Gasteiger partial charge >= 0.3 is 0 Å². The van der Waals surface area contributed by atoms with E-state index >= 15 is 0 Å². The van der Waals surface area contributed by atoms with E-state index in [2.05, 4.69) is 262 Å². The summed E-state index contributed by atoms with van der Waals surface area (Å²) in [4.78, 5) is 8.42. The van der Waals surface area contributed by atoms with Gasteiger partial charge in [-0.25, -0.2) is 0 Å². The molecule has 2 atom stereocenters. The molecule has 3 nitrogen and oxygen atoms in total. The van der Waals surface area contributed by atoms with Crippen molar-refractivity contribution in [1.29, 1.82) is 0 Å². The first-order valence-electron chi connectivity index (χ1n) is 29.3. The van der Waals surface area contributed by atoms with Gasteiger partial charge in [-0.1, -0.05) is 202 Å². The van der Waals surface area contributed by atoms with Crippen molar-refractivity contribution in [3.05, 3.63) is 170 Å². The SMILES string of the molecule is Cc1cc(C(C)(C)C)ccc1N(c1cc2c3c(c1)N1c4c(cc(C(C)(C)C)cc4C4(C)CCCCC14C)B3c1ccc3c(c1N2c1c(C)cc(C(C)(C)C)cc1C)C(C)(C)c1ccccc1-3)c1ccc(C(C)(C)C)cc1C. The van der Waals surface area contributed by atoms with Crippen LogP contribution in [0.4, 0.5) is 45.5 Å². The van der Waals surface area contributed by atoms with E-state index in [9.17, 15) is 0 Å². The van der Waals surface area contributed by atoms with Crippen LogP contribution >= 0.6 is 0 Å². The minimum absolute atomic E-state index is 0.00572. The minimum atomic E-state index is -0.268. The number of fused-ring (bicyclic) bond motifs is 11. The van der Waals surface area contributed by atoms with Crippen LogP contribution in [0.2, 0.25) is 0 Å². The van der Waals surface area contributed by atoms with Gasteiger partial charge in [-0.2, -0.15) is 0 Å². The molecule has 0 bridgehead atoms. The number of benzene rings is 7. The van der Waals surface area contributed by atoms with E-state index in [0.717, 1.165) is 6.42 Å². The molecule has 0 spiro atoms. The third-order valence-corrected chi connectivity index (χ3v) is 20.0. The minimum Gasteiger partial charge on any atom is -0.335 e. The average molecular weight is 1020 g/mol. The fourth-order valence-corrected chi connectivity index (χ4v) is 15.4. The summed E-state index contributed by atoms with van der Waals surface area (Å²) >= 11 is 0. The van der Waals surface area contributed by atoms with Crippen molar-refractivity contribution in [3.8, 4) is 11.1 Å². The molecule has 2 unspecified atom stereocenters. The van der Waals surface area contributed by atoms with Crippen LogP contribution in [0, 0.1) is 27.7 Å². The largest absolute Gasteiger partial charge is 0.335 e. The number of hydrogen-bond donors (Lipinski definition) is 0. The third-order valence-electron chi connectivity index (χ3n) is 20.0. The lowest BCUT2D eigenvalue weighted by molar-refractivity contribution is 0.195. The van der Waals surface area contributed by atoms with Crippen molar-refractivity contribution in [2.45, 2.75) is 202 Å². The van der Waals surface area contributed by atoms with Gasteiger partial charge in [-0.3, -0.25) is 0 Å². The van der Waals surface area contributed by atoms with E-state index < -0.39 is 0 Å². The number of nitrogens with zero attached hydrogens (tertiary/aromatic N) is 3. The van der Waals surface area contributed by atoms with Crippen LogP contribution < -0.4 is 31.1 Å². The quantitative estimate of drug-likeness (QED) is 0.163. The van der Waals surface area contributed by atoms with Gasteiger partial charge in [-0.15, -0.1) is 0 Å². The summed E-state index contributed by atoms with van der Waals surface area (Å²) in [6.07, 6.45) is 4.80. The topological polar surface area (TPSA) is 9.72 Å². The van der Waals surface area contributed by atoms with E-state index in [4.69, 9.17) is 0 Å².